The molecule has 0 atom stereocenters. The Labute approximate surface area is 114 Å². The topological polar surface area (TPSA) is 105 Å². The molecule has 0 amide bonds. The van der Waals surface area contributed by atoms with E-state index in [1.54, 1.807) is 13.0 Å². The van der Waals surface area contributed by atoms with Crippen molar-refractivity contribution in [1.82, 2.24) is 4.98 Å². The zero-order chi connectivity index (χ0) is 14.7. The number of carbonyl (C=O) groups is 1. The average Bonchev–Trinajstić information content (AvgIpc) is 2.39. The minimum Gasteiger partial charge on any atom is -0.478 e. The van der Waals surface area contributed by atoms with E-state index < -0.39 is 10.9 Å². The third-order valence-electron chi connectivity index (χ3n) is 2.70. The summed E-state index contributed by atoms with van der Waals surface area (Å²) >= 11 is 0. The smallest absolute Gasteiger partial charge is 0.335 e. The summed E-state index contributed by atoms with van der Waals surface area (Å²) in [6, 6.07) is 7.42. The van der Waals surface area contributed by atoms with Gasteiger partial charge in [0.1, 0.15) is 0 Å². The lowest BCUT2D eigenvalue weighted by Crippen LogP contribution is -2.02. The van der Waals surface area contributed by atoms with Crippen LogP contribution in [0.15, 0.2) is 36.5 Å². The standard InChI is InChI=1S/C13H11N3O4/c1-8-6-7-14-12(11(8)16(19)20)15-10-4-2-9(3-5-10)13(17)18/h2-7H,1H3,(H,14,15)(H,17,18). The van der Waals surface area contributed by atoms with Gasteiger partial charge < -0.3 is 10.4 Å². The largest absolute Gasteiger partial charge is 0.478 e. The van der Waals surface area contributed by atoms with Gasteiger partial charge in [0, 0.05) is 17.4 Å². The average molecular weight is 273 g/mol. The van der Waals surface area contributed by atoms with E-state index in [2.05, 4.69) is 10.3 Å². The summed E-state index contributed by atoms with van der Waals surface area (Å²) in [5, 5.41) is 22.6. The van der Waals surface area contributed by atoms with E-state index in [9.17, 15) is 14.9 Å². The monoisotopic (exact) mass is 273 g/mol. The molecule has 0 spiro atoms. The van der Waals surface area contributed by atoms with Crippen LogP contribution in [0.5, 0.6) is 0 Å². The molecule has 0 fully saturated rings. The lowest BCUT2D eigenvalue weighted by Gasteiger charge is -2.07. The molecule has 0 radical (unpaired) electrons. The molecule has 20 heavy (non-hydrogen) atoms. The van der Waals surface area contributed by atoms with Gasteiger partial charge in [-0.2, -0.15) is 0 Å². The van der Waals surface area contributed by atoms with Crippen LogP contribution < -0.4 is 5.32 Å². The number of benzene rings is 1. The predicted molar refractivity (Wildman–Crippen MR) is 72.3 cm³/mol. The highest BCUT2D eigenvalue weighted by molar-refractivity contribution is 5.88. The Morgan fingerprint density at radius 2 is 1.95 bits per heavy atom. The molecule has 7 heteroatoms. The van der Waals surface area contributed by atoms with Crippen molar-refractivity contribution in [3.8, 4) is 0 Å². The number of pyridine rings is 1. The van der Waals surface area contributed by atoms with E-state index in [4.69, 9.17) is 5.11 Å². The van der Waals surface area contributed by atoms with Gasteiger partial charge in [0.25, 0.3) is 0 Å². The fourth-order valence-corrected chi connectivity index (χ4v) is 1.71. The van der Waals surface area contributed by atoms with E-state index in [0.717, 1.165) is 0 Å². The highest BCUT2D eigenvalue weighted by Crippen LogP contribution is 2.28. The lowest BCUT2D eigenvalue weighted by molar-refractivity contribution is -0.384. The molecule has 0 unspecified atom stereocenters. The molecule has 102 valence electrons. The summed E-state index contributed by atoms with van der Waals surface area (Å²) in [5.41, 5.74) is 1.06. The van der Waals surface area contributed by atoms with Crippen molar-refractivity contribution < 1.29 is 14.8 Å². The maximum Gasteiger partial charge on any atom is 0.335 e. The van der Waals surface area contributed by atoms with Gasteiger partial charge in [-0.3, -0.25) is 10.1 Å². The zero-order valence-electron chi connectivity index (χ0n) is 10.5. The van der Waals surface area contributed by atoms with Gasteiger partial charge in [-0.15, -0.1) is 0 Å². The fraction of sp³-hybridized carbons (Fsp3) is 0.0769. The van der Waals surface area contributed by atoms with Crippen LogP contribution in [0.1, 0.15) is 15.9 Å². The first kappa shape index (κ1) is 13.5. The summed E-state index contributed by atoms with van der Waals surface area (Å²) in [4.78, 5) is 25.2. The highest BCUT2D eigenvalue weighted by Gasteiger charge is 2.18. The van der Waals surface area contributed by atoms with Crippen molar-refractivity contribution in [2.75, 3.05) is 5.32 Å². The normalized spacial score (nSPS) is 10.1. The number of nitro groups is 1. The van der Waals surface area contributed by atoms with Gasteiger partial charge in [-0.05, 0) is 37.3 Å². The molecule has 2 N–H and O–H groups in total. The number of aryl methyl sites for hydroxylation is 1. The molecule has 0 aliphatic rings. The van der Waals surface area contributed by atoms with Crippen molar-refractivity contribution in [2.45, 2.75) is 6.92 Å². The van der Waals surface area contributed by atoms with Gasteiger partial charge in [0.05, 0.1) is 10.5 Å². The molecule has 0 aliphatic heterocycles. The third kappa shape index (κ3) is 2.72. The van der Waals surface area contributed by atoms with Crippen LogP contribution in [0.2, 0.25) is 0 Å². The van der Waals surface area contributed by atoms with E-state index >= 15 is 0 Å². The van der Waals surface area contributed by atoms with Gasteiger partial charge in [-0.25, -0.2) is 9.78 Å². The van der Waals surface area contributed by atoms with Gasteiger partial charge >= 0.3 is 11.7 Å². The molecular weight excluding hydrogens is 262 g/mol. The number of carboxylic acid groups (broad SMARTS) is 1. The third-order valence-corrected chi connectivity index (χ3v) is 2.70. The summed E-state index contributed by atoms with van der Waals surface area (Å²) < 4.78 is 0. The van der Waals surface area contributed by atoms with Crippen LogP contribution in [0.4, 0.5) is 17.2 Å². The molecule has 1 aromatic carbocycles. The molecule has 7 nitrogen and oxygen atoms in total. The van der Waals surface area contributed by atoms with Crippen LogP contribution in [-0.4, -0.2) is 21.0 Å². The molecule has 0 saturated carbocycles. The Morgan fingerprint density at radius 1 is 1.30 bits per heavy atom. The number of hydrogen-bond donors (Lipinski definition) is 2. The number of anilines is 2. The Hall–Kier alpha value is -2.96. The summed E-state index contributed by atoms with van der Waals surface area (Å²) in [7, 11) is 0. The van der Waals surface area contributed by atoms with Crippen molar-refractivity contribution in [2.24, 2.45) is 0 Å². The van der Waals surface area contributed by atoms with Crippen molar-refractivity contribution in [1.29, 1.82) is 0 Å². The minimum atomic E-state index is -1.03. The van der Waals surface area contributed by atoms with Crippen LogP contribution in [0, 0.1) is 17.0 Å². The second kappa shape index (κ2) is 5.35. The van der Waals surface area contributed by atoms with E-state index in [0.29, 0.717) is 11.3 Å². The van der Waals surface area contributed by atoms with Gasteiger partial charge in [-0.1, -0.05) is 0 Å². The number of aromatic nitrogens is 1. The number of aromatic carboxylic acids is 1. The zero-order valence-corrected chi connectivity index (χ0v) is 10.5. The first-order valence-electron chi connectivity index (χ1n) is 5.69. The van der Waals surface area contributed by atoms with Crippen molar-refractivity contribution >= 4 is 23.2 Å². The van der Waals surface area contributed by atoms with E-state index in [1.807, 2.05) is 0 Å². The first-order valence-corrected chi connectivity index (χ1v) is 5.69. The minimum absolute atomic E-state index is 0.102. The highest BCUT2D eigenvalue weighted by atomic mass is 16.6. The lowest BCUT2D eigenvalue weighted by atomic mass is 10.2. The fourth-order valence-electron chi connectivity index (χ4n) is 1.71. The Kier molecular flexibility index (Phi) is 3.60. The Bertz CT molecular complexity index is 668. The number of carboxylic acids is 1. The van der Waals surface area contributed by atoms with Gasteiger partial charge in [0.2, 0.25) is 5.82 Å². The summed E-state index contributed by atoms with van der Waals surface area (Å²) in [6.45, 7) is 1.62. The molecular formula is C13H11N3O4. The predicted octanol–water partition coefficient (Wildman–Crippen LogP) is 2.74. The molecule has 1 aromatic heterocycles. The van der Waals surface area contributed by atoms with Crippen LogP contribution in [-0.2, 0) is 0 Å². The first-order chi connectivity index (χ1) is 9.49. The second-order valence-electron chi connectivity index (χ2n) is 4.09. The summed E-state index contributed by atoms with van der Waals surface area (Å²) in [6.07, 6.45) is 1.47. The van der Waals surface area contributed by atoms with Crippen LogP contribution in [0.3, 0.4) is 0 Å². The number of nitrogens with one attached hydrogen (secondary N) is 1. The molecule has 1 heterocycles. The summed E-state index contributed by atoms with van der Waals surface area (Å²) in [5.74, 6) is -0.908. The van der Waals surface area contributed by atoms with Crippen LogP contribution in [0.25, 0.3) is 0 Å². The molecule has 2 aromatic rings. The quantitative estimate of drug-likeness (QED) is 0.655. The molecule has 0 saturated heterocycles. The second-order valence-corrected chi connectivity index (χ2v) is 4.09. The Morgan fingerprint density at radius 3 is 2.50 bits per heavy atom. The van der Waals surface area contributed by atoms with Crippen molar-refractivity contribution in [3.05, 3.63) is 57.8 Å². The molecule has 0 bridgehead atoms. The van der Waals surface area contributed by atoms with E-state index in [1.165, 1.54) is 30.5 Å². The van der Waals surface area contributed by atoms with Crippen molar-refractivity contribution in [3.63, 3.8) is 0 Å². The maximum absolute atomic E-state index is 11.0. The number of hydrogen-bond acceptors (Lipinski definition) is 5. The Balaban J connectivity index is 2.33. The van der Waals surface area contributed by atoms with Gasteiger partial charge in [0.15, 0.2) is 0 Å². The van der Waals surface area contributed by atoms with E-state index in [-0.39, 0.29) is 17.1 Å². The van der Waals surface area contributed by atoms with Crippen LogP contribution >= 0.6 is 0 Å². The molecule has 2 rings (SSSR count). The maximum atomic E-state index is 11.0. The number of nitrogens with zero attached hydrogens (tertiary/aromatic N) is 2. The molecule has 0 aliphatic carbocycles. The SMILES string of the molecule is Cc1ccnc(Nc2ccc(C(=O)O)cc2)c1[N+](=O)[O-]. The number of rotatable bonds is 4.